The van der Waals surface area contributed by atoms with Gasteiger partial charge in [0.15, 0.2) is 0 Å². The summed E-state index contributed by atoms with van der Waals surface area (Å²) in [4.78, 5) is 36.2. The lowest BCUT2D eigenvalue weighted by atomic mass is 10.0. The standard InChI is InChI=1S/C19H22N2O4/c1-13(2)25-18(23)12-16(14-7-5-4-6-8-14)20-19(24)15-9-10-21(3)17(22)11-15/h4-11,13,16H,12H2,1-3H3,(H,20,24). The number of benzene rings is 1. The van der Waals surface area contributed by atoms with Gasteiger partial charge in [0.05, 0.1) is 18.6 Å². The van der Waals surface area contributed by atoms with Gasteiger partial charge in [0.2, 0.25) is 0 Å². The Morgan fingerprint density at radius 1 is 1.16 bits per heavy atom. The molecule has 1 atom stereocenters. The number of hydrogen-bond donors (Lipinski definition) is 1. The first-order valence-electron chi connectivity index (χ1n) is 8.09. The molecule has 0 spiro atoms. The lowest BCUT2D eigenvalue weighted by molar-refractivity contribution is -0.147. The Labute approximate surface area is 146 Å². The number of hydrogen-bond acceptors (Lipinski definition) is 4. The van der Waals surface area contributed by atoms with Crippen molar-refractivity contribution in [2.45, 2.75) is 32.4 Å². The molecule has 1 N–H and O–H groups in total. The first-order valence-corrected chi connectivity index (χ1v) is 8.09. The number of rotatable bonds is 6. The molecule has 1 heterocycles. The third-order valence-corrected chi connectivity index (χ3v) is 3.61. The highest BCUT2D eigenvalue weighted by atomic mass is 16.5. The van der Waals surface area contributed by atoms with Gasteiger partial charge >= 0.3 is 5.97 Å². The van der Waals surface area contributed by atoms with E-state index in [1.165, 1.54) is 16.8 Å². The lowest BCUT2D eigenvalue weighted by Gasteiger charge is -2.19. The van der Waals surface area contributed by atoms with Gasteiger partial charge in [-0.05, 0) is 25.5 Å². The number of nitrogens with one attached hydrogen (secondary N) is 1. The van der Waals surface area contributed by atoms with Crippen molar-refractivity contribution >= 4 is 11.9 Å². The number of ether oxygens (including phenoxy) is 1. The molecule has 2 aromatic rings. The molecular formula is C19H22N2O4. The zero-order valence-electron chi connectivity index (χ0n) is 14.6. The molecule has 1 aromatic carbocycles. The molecule has 6 nitrogen and oxygen atoms in total. The van der Waals surface area contributed by atoms with Crippen LogP contribution in [0.2, 0.25) is 0 Å². The van der Waals surface area contributed by atoms with Gasteiger partial charge in [-0.15, -0.1) is 0 Å². The molecule has 1 aromatic heterocycles. The summed E-state index contributed by atoms with van der Waals surface area (Å²) < 4.78 is 6.56. The molecule has 2 rings (SSSR count). The number of esters is 1. The van der Waals surface area contributed by atoms with Crippen LogP contribution < -0.4 is 10.9 Å². The quantitative estimate of drug-likeness (QED) is 0.817. The molecule has 0 bridgehead atoms. The Morgan fingerprint density at radius 2 is 1.84 bits per heavy atom. The van der Waals surface area contributed by atoms with Crippen molar-refractivity contribution in [3.63, 3.8) is 0 Å². The minimum atomic E-state index is -0.538. The van der Waals surface area contributed by atoms with E-state index < -0.39 is 17.9 Å². The van der Waals surface area contributed by atoms with Crippen molar-refractivity contribution in [1.82, 2.24) is 9.88 Å². The van der Waals surface area contributed by atoms with Crippen LogP contribution in [0.3, 0.4) is 0 Å². The normalized spacial score (nSPS) is 11.8. The number of aryl methyl sites for hydroxylation is 1. The molecule has 1 amide bonds. The minimum absolute atomic E-state index is 0.0127. The van der Waals surface area contributed by atoms with Crippen molar-refractivity contribution in [3.05, 3.63) is 70.1 Å². The summed E-state index contributed by atoms with van der Waals surface area (Å²) >= 11 is 0. The fraction of sp³-hybridized carbons (Fsp3) is 0.316. The Hall–Kier alpha value is -2.89. The van der Waals surface area contributed by atoms with Gasteiger partial charge < -0.3 is 14.6 Å². The maximum Gasteiger partial charge on any atom is 0.308 e. The third kappa shape index (κ3) is 5.31. The van der Waals surface area contributed by atoms with E-state index in [0.717, 1.165) is 5.56 Å². The summed E-state index contributed by atoms with van der Waals surface area (Å²) in [5, 5.41) is 2.81. The van der Waals surface area contributed by atoms with Gasteiger partial charge in [-0.25, -0.2) is 0 Å². The molecule has 0 aliphatic heterocycles. The van der Waals surface area contributed by atoms with E-state index in [2.05, 4.69) is 5.32 Å². The fourth-order valence-corrected chi connectivity index (χ4v) is 2.35. The van der Waals surface area contributed by atoms with Crippen LogP contribution in [-0.4, -0.2) is 22.5 Å². The van der Waals surface area contributed by atoms with Gasteiger partial charge in [-0.1, -0.05) is 30.3 Å². The van der Waals surface area contributed by atoms with E-state index in [9.17, 15) is 14.4 Å². The smallest absolute Gasteiger partial charge is 0.308 e. The predicted octanol–water partition coefficient (Wildman–Crippen LogP) is 2.20. The van der Waals surface area contributed by atoms with Crippen LogP contribution in [0, 0.1) is 0 Å². The molecule has 1 unspecified atom stereocenters. The second kappa shape index (κ2) is 8.28. The highest BCUT2D eigenvalue weighted by Crippen LogP contribution is 2.18. The molecule has 132 valence electrons. The monoisotopic (exact) mass is 342 g/mol. The zero-order valence-corrected chi connectivity index (χ0v) is 14.6. The van der Waals surface area contributed by atoms with E-state index in [1.807, 2.05) is 30.3 Å². The first-order chi connectivity index (χ1) is 11.9. The maximum absolute atomic E-state index is 12.5. The number of aromatic nitrogens is 1. The van der Waals surface area contributed by atoms with Crippen LogP contribution in [0.5, 0.6) is 0 Å². The van der Waals surface area contributed by atoms with Gasteiger partial charge in [0, 0.05) is 24.9 Å². The Bertz CT molecular complexity index is 797. The predicted molar refractivity (Wildman–Crippen MR) is 94.2 cm³/mol. The maximum atomic E-state index is 12.5. The first kappa shape index (κ1) is 18.4. The summed E-state index contributed by atoms with van der Waals surface area (Å²) in [5.74, 6) is -0.808. The van der Waals surface area contributed by atoms with E-state index in [0.29, 0.717) is 0 Å². The number of carbonyl (C=O) groups excluding carboxylic acids is 2. The third-order valence-electron chi connectivity index (χ3n) is 3.61. The van der Waals surface area contributed by atoms with Crippen LogP contribution in [-0.2, 0) is 16.6 Å². The summed E-state index contributed by atoms with van der Waals surface area (Å²) in [6.07, 6.45) is 1.32. The van der Waals surface area contributed by atoms with Crippen molar-refractivity contribution in [3.8, 4) is 0 Å². The van der Waals surface area contributed by atoms with Crippen molar-refractivity contribution < 1.29 is 14.3 Å². The van der Waals surface area contributed by atoms with Gasteiger partial charge in [-0.3, -0.25) is 14.4 Å². The zero-order chi connectivity index (χ0) is 18.4. The van der Waals surface area contributed by atoms with Crippen LogP contribution in [0.4, 0.5) is 0 Å². The molecule has 0 fully saturated rings. The van der Waals surface area contributed by atoms with Gasteiger partial charge in [0.25, 0.3) is 11.5 Å². The van der Waals surface area contributed by atoms with E-state index in [-0.39, 0.29) is 23.6 Å². The number of carbonyl (C=O) groups is 2. The number of nitrogens with zero attached hydrogens (tertiary/aromatic N) is 1. The molecular weight excluding hydrogens is 320 g/mol. The fourth-order valence-electron chi connectivity index (χ4n) is 2.35. The molecule has 0 aliphatic rings. The Morgan fingerprint density at radius 3 is 2.44 bits per heavy atom. The van der Waals surface area contributed by atoms with Crippen LogP contribution >= 0.6 is 0 Å². The van der Waals surface area contributed by atoms with E-state index >= 15 is 0 Å². The van der Waals surface area contributed by atoms with Crippen molar-refractivity contribution in [1.29, 1.82) is 0 Å². The summed E-state index contributed by atoms with van der Waals surface area (Å²) in [6, 6.07) is 11.5. The molecule has 0 aliphatic carbocycles. The van der Waals surface area contributed by atoms with Crippen molar-refractivity contribution in [2.75, 3.05) is 0 Å². The number of amides is 1. The topological polar surface area (TPSA) is 77.4 Å². The summed E-state index contributed by atoms with van der Waals surface area (Å²) in [7, 11) is 1.61. The van der Waals surface area contributed by atoms with Crippen molar-refractivity contribution in [2.24, 2.45) is 7.05 Å². The highest BCUT2D eigenvalue weighted by Gasteiger charge is 2.21. The average Bonchev–Trinajstić information content (AvgIpc) is 2.56. The van der Waals surface area contributed by atoms with E-state index in [1.54, 1.807) is 27.0 Å². The van der Waals surface area contributed by atoms with Crippen LogP contribution in [0.1, 0.15) is 42.2 Å². The molecule has 0 radical (unpaired) electrons. The molecule has 6 heteroatoms. The largest absolute Gasteiger partial charge is 0.463 e. The van der Waals surface area contributed by atoms with Gasteiger partial charge in [-0.2, -0.15) is 0 Å². The molecule has 0 saturated carbocycles. The second-order valence-corrected chi connectivity index (χ2v) is 6.04. The van der Waals surface area contributed by atoms with E-state index in [4.69, 9.17) is 4.74 Å². The highest BCUT2D eigenvalue weighted by molar-refractivity contribution is 5.94. The van der Waals surface area contributed by atoms with Gasteiger partial charge in [0.1, 0.15) is 0 Å². The van der Waals surface area contributed by atoms with Crippen LogP contribution in [0.25, 0.3) is 0 Å². The minimum Gasteiger partial charge on any atom is -0.463 e. The SMILES string of the molecule is CC(C)OC(=O)CC(NC(=O)c1ccn(C)c(=O)c1)c1ccccc1. The molecule has 25 heavy (non-hydrogen) atoms. The number of pyridine rings is 1. The lowest BCUT2D eigenvalue weighted by Crippen LogP contribution is -2.32. The summed E-state index contributed by atoms with van der Waals surface area (Å²) in [5.41, 5.74) is 0.768. The Balaban J connectivity index is 2.20. The molecule has 0 saturated heterocycles. The van der Waals surface area contributed by atoms with Crippen LogP contribution in [0.15, 0.2) is 53.5 Å². The average molecular weight is 342 g/mol. The second-order valence-electron chi connectivity index (χ2n) is 6.04. The Kier molecular flexibility index (Phi) is 6.11. The summed E-state index contributed by atoms with van der Waals surface area (Å²) in [6.45, 7) is 3.54.